The monoisotopic (exact) mass is 438 g/mol. The predicted octanol–water partition coefficient (Wildman–Crippen LogP) is 5.63. The van der Waals surface area contributed by atoms with E-state index in [0.717, 1.165) is 35.4 Å². The molecule has 4 rings (SSSR count). The molecule has 0 bridgehead atoms. The van der Waals surface area contributed by atoms with Gasteiger partial charge in [-0.3, -0.25) is 0 Å². The fraction of sp³-hybridized carbons (Fsp3) is 0.261. The van der Waals surface area contributed by atoms with Crippen molar-refractivity contribution < 1.29 is 4.52 Å². The van der Waals surface area contributed by atoms with Gasteiger partial charge in [0.15, 0.2) is 5.11 Å². The molecular formula is C23H23ClN4OS. The molecule has 0 saturated carbocycles. The van der Waals surface area contributed by atoms with Crippen LogP contribution in [0.4, 0.5) is 0 Å². The summed E-state index contributed by atoms with van der Waals surface area (Å²) < 4.78 is 5.73. The summed E-state index contributed by atoms with van der Waals surface area (Å²) in [5.74, 6) is 1.04. The third-order valence-corrected chi connectivity index (χ3v) is 5.94. The average Bonchev–Trinajstić information content (AvgIpc) is 3.23. The molecule has 0 fully saturated rings. The van der Waals surface area contributed by atoms with Crippen LogP contribution in [0.5, 0.6) is 0 Å². The second-order valence-corrected chi connectivity index (χ2v) is 7.98. The molecular weight excluding hydrogens is 416 g/mol. The molecule has 0 aliphatic carbocycles. The van der Waals surface area contributed by atoms with Crippen molar-refractivity contribution in [1.82, 2.24) is 20.4 Å². The number of nitrogens with zero attached hydrogens (tertiary/aromatic N) is 3. The zero-order valence-electron chi connectivity index (χ0n) is 17.1. The molecule has 1 N–H and O–H groups in total. The van der Waals surface area contributed by atoms with Gasteiger partial charge in [-0.25, -0.2) is 0 Å². The summed E-state index contributed by atoms with van der Waals surface area (Å²) in [5.41, 5.74) is 5.07. The van der Waals surface area contributed by atoms with Crippen LogP contribution < -0.4 is 5.32 Å². The third-order valence-electron chi connectivity index (χ3n) is 5.37. The highest BCUT2D eigenvalue weighted by atomic mass is 35.5. The number of aryl methyl sites for hydroxylation is 1. The molecule has 0 radical (unpaired) electrons. The first kappa shape index (κ1) is 20.6. The summed E-state index contributed by atoms with van der Waals surface area (Å²) in [6, 6.07) is 15.7. The first-order valence-corrected chi connectivity index (χ1v) is 10.8. The lowest BCUT2D eigenvalue weighted by Gasteiger charge is -2.36. The summed E-state index contributed by atoms with van der Waals surface area (Å²) in [6.45, 7) is 6.96. The van der Waals surface area contributed by atoms with Crippen LogP contribution >= 0.6 is 23.8 Å². The molecule has 30 heavy (non-hydrogen) atoms. The Balaban J connectivity index is 1.79. The van der Waals surface area contributed by atoms with E-state index in [2.05, 4.69) is 36.5 Å². The molecule has 1 aromatic heterocycles. The fourth-order valence-corrected chi connectivity index (χ4v) is 4.30. The zero-order valence-corrected chi connectivity index (χ0v) is 18.7. The molecule has 2 aromatic carbocycles. The predicted molar refractivity (Wildman–Crippen MR) is 124 cm³/mol. The van der Waals surface area contributed by atoms with E-state index < -0.39 is 0 Å². The lowest BCUT2D eigenvalue weighted by molar-refractivity contribution is 0.398. The van der Waals surface area contributed by atoms with Crippen molar-refractivity contribution in [3.05, 3.63) is 76.3 Å². The maximum Gasteiger partial charge on any atom is 0.258 e. The maximum absolute atomic E-state index is 6.26. The minimum Gasteiger partial charge on any atom is -0.351 e. The van der Waals surface area contributed by atoms with Gasteiger partial charge in [0, 0.05) is 22.8 Å². The number of thiocarbonyl (C=S) groups is 1. The quantitative estimate of drug-likeness (QED) is 0.520. The van der Waals surface area contributed by atoms with E-state index in [4.69, 9.17) is 33.3 Å². The summed E-state index contributed by atoms with van der Waals surface area (Å²) in [5, 5.41) is 8.99. The summed E-state index contributed by atoms with van der Waals surface area (Å²) >= 11 is 11.9. The van der Waals surface area contributed by atoms with Crippen molar-refractivity contribution in [2.45, 2.75) is 33.2 Å². The van der Waals surface area contributed by atoms with Crippen LogP contribution in [-0.2, 0) is 6.42 Å². The number of aromatic nitrogens is 2. The summed E-state index contributed by atoms with van der Waals surface area (Å²) in [7, 11) is 0. The second kappa shape index (κ2) is 8.58. The Kier molecular flexibility index (Phi) is 5.88. The number of hydrogen-bond donors (Lipinski definition) is 1. The van der Waals surface area contributed by atoms with E-state index in [9.17, 15) is 0 Å². The SMILES string of the molecule is CCc1ccc(-c2noc(C3=C(C)N(CC)C(=S)NC3c3cccc(Cl)c3)n2)cc1. The van der Waals surface area contributed by atoms with Gasteiger partial charge < -0.3 is 14.7 Å². The highest BCUT2D eigenvalue weighted by Gasteiger charge is 2.33. The summed E-state index contributed by atoms with van der Waals surface area (Å²) in [6.07, 6.45) is 0.990. The molecule has 3 aromatic rings. The highest BCUT2D eigenvalue weighted by Crippen LogP contribution is 2.37. The van der Waals surface area contributed by atoms with Gasteiger partial charge in [0.1, 0.15) is 0 Å². The van der Waals surface area contributed by atoms with Crippen molar-refractivity contribution >= 4 is 34.5 Å². The van der Waals surface area contributed by atoms with Gasteiger partial charge in [-0.05, 0) is 55.7 Å². The van der Waals surface area contributed by atoms with Crippen molar-refractivity contribution in [1.29, 1.82) is 0 Å². The number of nitrogens with one attached hydrogen (secondary N) is 1. The maximum atomic E-state index is 6.26. The lowest BCUT2D eigenvalue weighted by atomic mass is 9.95. The number of halogens is 1. The van der Waals surface area contributed by atoms with Crippen molar-refractivity contribution in [3.63, 3.8) is 0 Å². The van der Waals surface area contributed by atoms with Crippen LogP contribution in [0.15, 0.2) is 58.8 Å². The minimum absolute atomic E-state index is 0.227. The van der Waals surface area contributed by atoms with E-state index in [1.807, 2.05) is 48.2 Å². The molecule has 154 valence electrons. The highest BCUT2D eigenvalue weighted by molar-refractivity contribution is 7.80. The fourth-order valence-electron chi connectivity index (χ4n) is 3.71. The van der Waals surface area contributed by atoms with Crippen LogP contribution in [-0.4, -0.2) is 26.7 Å². The van der Waals surface area contributed by atoms with Crippen LogP contribution in [0.25, 0.3) is 17.0 Å². The van der Waals surface area contributed by atoms with E-state index in [1.54, 1.807) is 0 Å². The second-order valence-electron chi connectivity index (χ2n) is 7.15. The number of benzene rings is 2. The smallest absolute Gasteiger partial charge is 0.258 e. The van der Waals surface area contributed by atoms with E-state index >= 15 is 0 Å². The van der Waals surface area contributed by atoms with Crippen molar-refractivity contribution in [2.75, 3.05) is 6.54 Å². The van der Waals surface area contributed by atoms with Gasteiger partial charge in [0.05, 0.1) is 11.6 Å². The Labute approximate surface area is 186 Å². The number of allylic oxidation sites excluding steroid dienone is 1. The average molecular weight is 439 g/mol. The van der Waals surface area contributed by atoms with E-state index in [-0.39, 0.29) is 6.04 Å². The number of hydrogen-bond acceptors (Lipinski definition) is 4. The van der Waals surface area contributed by atoms with Gasteiger partial charge in [0.25, 0.3) is 5.89 Å². The first-order valence-electron chi connectivity index (χ1n) is 9.99. The largest absolute Gasteiger partial charge is 0.351 e. The Hall–Kier alpha value is -2.70. The van der Waals surface area contributed by atoms with Crippen LogP contribution in [0, 0.1) is 0 Å². The minimum atomic E-state index is -0.227. The van der Waals surface area contributed by atoms with Gasteiger partial charge in [-0.2, -0.15) is 4.98 Å². The Morgan fingerprint density at radius 2 is 1.93 bits per heavy atom. The standard InChI is InChI=1S/C23H23ClN4OS/c1-4-15-9-11-16(12-10-15)21-26-22(29-27-21)19-14(3)28(5-2)23(30)25-20(19)17-7-6-8-18(24)13-17/h6-13,20H,4-5H2,1-3H3,(H,25,30). The number of rotatable bonds is 5. The molecule has 5 nitrogen and oxygen atoms in total. The lowest BCUT2D eigenvalue weighted by Crippen LogP contribution is -2.45. The van der Waals surface area contributed by atoms with Gasteiger partial charge in [0.2, 0.25) is 5.82 Å². The Bertz CT molecular complexity index is 1110. The Morgan fingerprint density at radius 1 is 1.17 bits per heavy atom. The van der Waals surface area contributed by atoms with Crippen LogP contribution in [0.1, 0.15) is 43.8 Å². The van der Waals surface area contributed by atoms with Crippen molar-refractivity contribution in [2.24, 2.45) is 0 Å². The van der Waals surface area contributed by atoms with Gasteiger partial charge in [-0.1, -0.05) is 60.1 Å². The third kappa shape index (κ3) is 3.85. The molecule has 0 amide bonds. The van der Waals surface area contributed by atoms with Crippen LogP contribution in [0.3, 0.4) is 0 Å². The summed E-state index contributed by atoms with van der Waals surface area (Å²) in [4.78, 5) is 6.76. The molecule has 1 aliphatic heterocycles. The van der Waals surface area contributed by atoms with Crippen LogP contribution in [0.2, 0.25) is 5.02 Å². The molecule has 2 heterocycles. The van der Waals surface area contributed by atoms with E-state index in [1.165, 1.54) is 5.56 Å². The first-order chi connectivity index (χ1) is 14.5. The molecule has 1 aliphatic rings. The molecule has 1 unspecified atom stereocenters. The van der Waals surface area contributed by atoms with E-state index in [0.29, 0.717) is 21.9 Å². The molecule has 1 atom stereocenters. The topological polar surface area (TPSA) is 54.2 Å². The molecule has 0 spiro atoms. The molecule has 0 saturated heterocycles. The Morgan fingerprint density at radius 3 is 2.60 bits per heavy atom. The van der Waals surface area contributed by atoms with Crippen molar-refractivity contribution in [3.8, 4) is 11.4 Å². The van der Waals surface area contributed by atoms with Gasteiger partial charge in [-0.15, -0.1) is 0 Å². The molecule has 7 heteroatoms. The zero-order chi connectivity index (χ0) is 21.3. The normalized spacial score (nSPS) is 16.7. The van der Waals surface area contributed by atoms with Gasteiger partial charge >= 0.3 is 0 Å².